The van der Waals surface area contributed by atoms with E-state index in [9.17, 15) is 4.79 Å². The van der Waals surface area contributed by atoms with Gasteiger partial charge in [0.05, 0.1) is 17.5 Å². The maximum absolute atomic E-state index is 12.6. The lowest BCUT2D eigenvalue weighted by Gasteiger charge is -2.32. The van der Waals surface area contributed by atoms with Crippen molar-refractivity contribution in [2.24, 2.45) is 0 Å². The number of aromatic nitrogens is 3. The van der Waals surface area contributed by atoms with E-state index in [1.54, 1.807) is 25.3 Å². The van der Waals surface area contributed by atoms with Crippen LogP contribution in [0.2, 0.25) is 5.02 Å². The number of pyridine rings is 1. The molecule has 0 spiro atoms. The van der Waals surface area contributed by atoms with Crippen LogP contribution in [0.25, 0.3) is 0 Å². The molecule has 0 bridgehead atoms. The standard InChI is InChI=1S/C16H20ClN5O2/c1-11-19-16(24-20-11)12-4-3-7-22(9-12)15(23)10-21(2)14-6-5-13(17)8-18-14/h5-6,8,12H,3-4,7,9-10H2,1-2H3/t12-/m1/s1. The highest BCUT2D eigenvalue weighted by Crippen LogP contribution is 2.26. The molecule has 24 heavy (non-hydrogen) atoms. The Morgan fingerprint density at radius 1 is 1.50 bits per heavy atom. The molecule has 1 aliphatic heterocycles. The highest BCUT2D eigenvalue weighted by molar-refractivity contribution is 6.30. The summed E-state index contributed by atoms with van der Waals surface area (Å²) >= 11 is 5.84. The van der Waals surface area contributed by atoms with Crippen LogP contribution >= 0.6 is 11.6 Å². The van der Waals surface area contributed by atoms with E-state index >= 15 is 0 Å². The first kappa shape index (κ1) is 16.7. The van der Waals surface area contributed by atoms with E-state index in [4.69, 9.17) is 16.1 Å². The molecule has 0 saturated carbocycles. The third-order valence-corrected chi connectivity index (χ3v) is 4.37. The zero-order valence-corrected chi connectivity index (χ0v) is 14.5. The van der Waals surface area contributed by atoms with Gasteiger partial charge in [-0.05, 0) is 31.9 Å². The number of likely N-dealkylation sites (N-methyl/N-ethyl adjacent to an activating group) is 1. The molecule has 3 rings (SSSR count). The van der Waals surface area contributed by atoms with Gasteiger partial charge in [-0.3, -0.25) is 4.79 Å². The molecule has 0 aliphatic carbocycles. The maximum atomic E-state index is 12.6. The number of rotatable bonds is 4. The lowest BCUT2D eigenvalue weighted by atomic mass is 9.98. The molecule has 1 saturated heterocycles. The molecule has 0 aromatic carbocycles. The molecule has 2 aromatic rings. The van der Waals surface area contributed by atoms with Gasteiger partial charge in [0.25, 0.3) is 0 Å². The zero-order chi connectivity index (χ0) is 17.1. The van der Waals surface area contributed by atoms with Crippen LogP contribution < -0.4 is 4.90 Å². The monoisotopic (exact) mass is 349 g/mol. The first-order valence-corrected chi connectivity index (χ1v) is 8.31. The number of amides is 1. The van der Waals surface area contributed by atoms with E-state index in [1.807, 2.05) is 16.8 Å². The van der Waals surface area contributed by atoms with Crippen molar-refractivity contribution in [2.45, 2.75) is 25.7 Å². The van der Waals surface area contributed by atoms with Crippen molar-refractivity contribution in [2.75, 3.05) is 31.6 Å². The minimum atomic E-state index is 0.0650. The second-order valence-electron chi connectivity index (χ2n) is 6.05. The van der Waals surface area contributed by atoms with Gasteiger partial charge in [0, 0.05) is 26.3 Å². The van der Waals surface area contributed by atoms with E-state index in [0.29, 0.717) is 29.1 Å². The minimum Gasteiger partial charge on any atom is -0.350 e. The predicted octanol–water partition coefficient (Wildman–Crippen LogP) is 2.27. The number of nitrogens with zero attached hydrogens (tertiary/aromatic N) is 5. The highest BCUT2D eigenvalue weighted by atomic mass is 35.5. The number of carbonyl (C=O) groups is 1. The SMILES string of the molecule is Cc1noc([C@@H]2CCCN(C(=O)CN(C)c3ccc(Cl)cn3)C2)n1. The Balaban J connectivity index is 1.60. The molecule has 128 valence electrons. The molecule has 1 amide bonds. The van der Waals surface area contributed by atoms with Gasteiger partial charge >= 0.3 is 0 Å². The highest BCUT2D eigenvalue weighted by Gasteiger charge is 2.28. The third-order valence-electron chi connectivity index (χ3n) is 4.14. The number of halogens is 1. The third kappa shape index (κ3) is 3.84. The topological polar surface area (TPSA) is 75.4 Å². The van der Waals surface area contributed by atoms with Crippen LogP contribution in [0.4, 0.5) is 5.82 Å². The Hall–Kier alpha value is -2.15. The molecule has 1 atom stereocenters. The Bertz CT molecular complexity index is 703. The van der Waals surface area contributed by atoms with Gasteiger partial charge in [-0.25, -0.2) is 4.98 Å². The van der Waals surface area contributed by atoms with Crippen LogP contribution in [0, 0.1) is 6.92 Å². The Morgan fingerprint density at radius 3 is 3.00 bits per heavy atom. The van der Waals surface area contributed by atoms with Gasteiger partial charge in [0.1, 0.15) is 5.82 Å². The lowest BCUT2D eigenvalue weighted by molar-refractivity contribution is -0.131. The van der Waals surface area contributed by atoms with E-state index < -0.39 is 0 Å². The van der Waals surface area contributed by atoms with Gasteiger partial charge in [-0.2, -0.15) is 4.98 Å². The zero-order valence-electron chi connectivity index (χ0n) is 13.8. The summed E-state index contributed by atoms with van der Waals surface area (Å²) in [4.78, 5) is 24.8. The predicted molar refractivity (Wildman–Crippen MR) is 90.1 cm³/mol. The fourth-order valence-electron chi connectivity index (χ4n) is 2.86. The van der Waals surface area contributed by atoms with E-state index in [2.05, 4.69) is 15.1 Å². The summed E-state index contributed by atoms with van der Waals surface area (Å²) in [5, 5.41) is 4.42. The molecule has 0 N–H and O–H groups in total. The second-order valence-corrected chi connectivity index (χ2v) is 6.49. The van der Waals surface area contributed by atoms with Gasteiger partial charge in [0.15, 0.2) is 5.82 Å². The molecule has 1 aliphatic rings. The van der Waals surface area contributed by atoms with E-state index in [1.165, 1.54) is 0 Å². The average Bonchev–Trinajstić information content (AvgIpc) is 3.02. The molecular formula is C16H20ClN5O2. The number of carbonyl (C=O) groups excluding carboxylic acids is 1. The largest absolute Gasteiger partial charge is 0.350 e. The van der Waals surface area contributed by atoms with Crippen molar-refractivity contribution >= 4 is 23.3 Å². The number of likely N-dealkylation sites (tertiary alicyclic amines) is 1. The Labute approximate surface area is 145 Å². The van der Waals surface area contributed by atoms with Gasteiger partial charge in [0.2, 0.25) is 11.8 Å². The maximum Gasteiger partial charge on any atom is 0.242 e. The number of anilines is 1. The Morgan fingerprint density at radius 2 is 2.33 bits per heavy atom. The van der Waals surface area contributed by atoms with Gasteiger partial charge in [-0.15, -0.1) is 0 Å². The number of hydrogen-bond acceptors (Lipinski definition) is 6. The van der Waals surface area contributed by atoms with Crippen LogP contribution in [0.15, 0.2) is 22.9 Å². The molecule has 0 radical (unpaired) electrons. The fourth-order valence-corrected chi connectivity index (χ4v) is 2.97. The van der Waals surface area contributed by atoms with E-state index in [0.717, 1.165) is 19.4 Å². The van der Waals surface area contributed by atoms with Crippen LogP contribution in [-0.4, -0.2) is 52.6 Å². The van der Waals surface area contributed by atoms with Crippen LogP contribution in [0.3, 0.4) is 0 Å². The quantitative estimate of drug-likeness (QED) is 0.842. The first-order valence-electron chi connectivity index (χ1n) is 7.93. The molecule has 0 unspecified atom stereocenters. The van der Waals surface area contributed by atoms with Crippen molar-refractivity contribution in [3.63, 3.8) is 0 Å². The summed E-state index contributed by atoms with van der Waals surface area (Å²) in [5.41, 5.74) is 0. The summed E-state index contributed by atoms with van der Waals surface area (Å²) in [6.45, 7) is 3.43. The first-order chi connectivity index (χ1) is 11.5. The molecule has 1 fully saturated rings. The summed E-state index contributed by atoms with van der Waals surface area (Å²) in [5.74, 6) is 2.15. The second kappa shape index (κ2) is 7.17. The van der Waals surface area contributed by atoms with E-state index in [-0.39, 0.29) is 18.4 Å². The van der Waals surface area contributed by atoms with Crippen molar-refractivity contribution in [1.29, 1.82) is 0 Å². The van der Waals surface area contributed by atoms with Crippen LogP contribution in [0.5, 0.6) is 0 Å². The molecule has 8 heteroatoms. The minimum absolute atomic E-state index is 0.0650. The van der Waals surface area contributed by atoms with Crippen molar-refractivity contribution in [3.8, 4) is 0 Å². The normalized spacial score (nSPS) is 17.8. The molecular weight excluding hydrogens is 330 g/mol. The summed E-state index contributed by atoms with van der Waals surface area (Å²) in [6, 6.07) is 3.57. The van der Waals surface area contributed by atoms with Crippen molar-refractivity contribution in [3.05, 3.63) is 35.1 Å². The van der Waals surface area contributed by atoms with Crippen LogP contribution in [-0.2, 0) is 4.79 Å². The Kier molecular flexibility index (Phi) is 4.99. The average molecular weight is 350 g/mol. The molecule has 2 aromatic heterocycles. The summed E-state index contributed by atoms with van der Waals surface area (Å²) in [6.07, 6.45) is 3.47. The van der Waals surface area contributed by atoms with Crippen molar-refractivity contribution < 1.29 is 9.32 Å². The summed E-state index contributed by atoms with van der Waals surface area (Å²) < 4.78 is 5.26. The number of piperidine rings is 1. The number of aryl methyl sites for hydroxylation is 1. The van der Waals surface area contributed by atoms with Gasteiger partial charge in [-0.1, -0.05) is 16.8 Å². The molecule has 7 nitrogen and oxygen atoms in total. The number of hydrogen-bond donors (Lipinski definition) is 0. The molecule has 3 heterocycles. The van der Waals surface area contributed by atoms with Gasteiger partial charge < -0.3 is 14.3 Å². The fraction of sp³-hybridized carbons (Fsp3) is 0.500. The smallest absolute Gasteiger partial charge is 0.242 e. The van der Waals surface area contributed by atoms with Crippen LogP contribution in [0.1, 0.15) is 30.5 Å². The summed E-state index contributed by atoms with van der Waals surface area (Å²) in [7, 11) is 1.84. The lowest BCUT2D eigenvalue weighted by Crippen LogP contribution is -2.44. The van der Waals surface area contributed by atoms with Crippen molar-refractivity contribution in [1.82, 2.24) is 20.0 Å².